The first-order chi connectivity index (χ1) is 9.89. The zero-order valence-corrected chi connectivity index (χ0v) is 13.8. The van der Waals surface area contributed by atoms with Gasteiger partial charge in [0, 0.05) is 23.5 Å². The predicted molar refractivity (Wildman–Crippen MR) is 81.1 cm³/mol. The first kappa shape index (κ1) is 15.3. The Morgan fingerprint density at radius 2 is 2.29 bits per heavy atom. The van der Waals surface area contributed by atoms with Crippen molar-refractivity contribution in [3.05, 3.63) is 28.2 Å². The molecule has 2 N–H and O–H groups in total. The lowest BCUT2D eigenvalue weighted by Crippen LogP contribution is -2.32. The number of hydrogen-bond donors (Lipinski definition) is 2. The van der Waals surface area contributed by atoms with Gasteiger partial charge in [0.15, 0.2) is 0 Å². The standard InChI is InChI=1S/C13H16BrNO5S/c1-8(16)19-7-12-11-4-9(14)2-3-13(11)21(17,18)15(12)5-10-6-20-10/h2-4,10,12,17-18H,5-7H2,1H3. The Morgan fingerprint density at radius 1 is 1.57 bits per heavy atom. The second kappa shape index (κ2) is 5.53. The minimum absolute atomic E-state index is 0.00811. The van der Waals surface area contributed by atoms with Gasteiger partial charge in [0.2, 0.25) is 0 Å². The van der Waals surface area contributed by atoms with Gasteiger partial charge < -0.3 is 9.47 Å². The van der Waals surface area contributed by atoms with Crippen LogP contribution in [-0.4, -0.2) is 45.2 Å². The molecule has 2 aliphatic rings. The number of carbonyl (C=O) groups is 1. The molecule has 21 heavy (non-hydrogen) atoms. The first-order valence-electron chi connectivity index (χ1n) is 6.49. The third kappa shape index (κ3) is 2.96. The monoisotopic (exact) mass is 377 g/mol. The molecule has 116 valence electrons. The van der Waals surface area contributed by atoms with E-state index in [4.69, 9.17) is 9.47 Å². The molecule has 2 aliphatic heterocycles. The molecule has 0 saturated carbocycles. The van der Waals surface area contributed by atoms with Crippen molar-refractivity contribution in [1.82, 2.24) is 4.31 Å². The summed E-state index contributed by atoms with van der Waals surface area (Å²) < 4.78 is 33.9. The average molecular weight is 378 g/mol. The Bertz CT molecular complexity index is 578. The Kier molecular flexibility index (Phi) is 4.02. The summed E-state index contributed by atoms with van der Waals surface area (Å²) in [4.78, 5) is 11.6. The molecule has 0 amide bonds. The van der Waals surface area contributed by atoms with Crippen molar-refractivity contribution in [3.63, 3.8) is 0 Å². The number of fused-ring (bicyclic) bond motifs is 1. The fourth-order valence-corrected chi connectivity index (χ4v) is 4.76. The molecular formula is C13H16BrNO5S. The van der Waals surface area contributed by atoms with Crippen molar-refractivity contribution in [2.45, 2.75) is 24.0 Å². The number of ether oxygens (including phenoxy) is 2. The Labute approximate surface area is 132 Å². The van der Waals surface area contributed by atoms with Gasteiger partial charge in [-0.05, 0) is 18.2 Å². The van der Waals surface area contributed by atoms with Crippen LogP contribution in [0.2, 0.25) is 0 Å². The molecule has 1 saturated heterocycles. The van der Waals surface area contributed by atoms with Crippen LogP contribution in [0, 0.1) is 0 Å². The summed E-state index contributed by atoms with van der Waals surface area (Å²) in [5.41, 5.74) is 0.770. The van der Waals surface area contributed by atoms with E-state index in [0.717, 1.165) is 10.0 Å². The quantitative estimate of drug-likeness (QED) is 0.619. The summed E-state index contributed by atoms with van der Waals surface area (Å²) in [6, 6.07) is 4.93. The van der Waals surface area contributed by atoms with Gasteiger partial charge in [0.05, 0.1) is 23.6 Å². The molecule has 2 heterocycles. The van der Waals surface area contributed by atoms with Gasteiger partial charge in [0.1, 0.15) is 6.61 Å². The van der Waals surface area contributed by atoms with Gasteiger partial charge in [-0.15, -0.1) is 10.8 Å². The van der Waals surface area contributed by atoms with E-state index in [-0.39, 0.29) is 18.8 Å². The maximum absolute atomic E-state index is 11.1. The molecule has 0 aliphatic carbocycles. The van der Waals surface area contributed by atoms with Crippen LogP contribution in [0.25, 0.3) is 0 Å². The molecule has 1 aromatic rings. The highest BCUT2D eigenvalue weighted by atomic mass is 79.9. The van der Waals surface area contributed by atoms with Gasteiger partial charge in [-0.1, -0.05) is 15.9 Å². The van der Waals surface area contributed by atoms with Crippen LogP contribution in [0.3, 0.4) is 0 Å². The molecule has 0 bridgehead atoms. The van der Waals surface area contributed by atoms with E-state index >= 15 is 0 Å². The fourth-order valence-electron chi connectivity index (χ4n) is 2.46. The molecule has 0 spiro atoms. The Hall–Kier alpha value is -0.640. The van der Waals surface area contributed by atoms with Gasteiger partial charge in [-0.2, -0.15) is 4.31 Å². The molecule has 3 rings (SSSR count). The smallest absolute Gasteiger partial charge is 0.302 e. The summed E-state index contributed by atoms with van der Waals surface area (Å²) in [5.74, 6) is -0.391. The number of hydrogen-bond acceptors (Lipinski definition) is 6. The Balaban J connectivity index is 1.95. The third-order valence-corrected chi connectivity index (χ3v) is 6.04. The van der Waals surface area contributed by atoms with Crippen LogP contribution in [0.1, 0.15) is 18.5 Å². The highest BCUT2D eigenvalue weighted by Crippen LogP contribution is 2.63. The van der Waals surface area contributed by atoms with Crippen molar-refractivity contribution in [1.29, 1.82) is 0 Å². The van der Waals surface area contributed by atoms with E-state index in [1.54, 1.807) is 16.4 Å². The van der Waals surface area contributed by atoms with Crippen LogP contribution >= 0.6 is 26.7 Å². The molecule has 2 atom stereocenters. The molecule has 6 nitrogen and oxygen atoms in total. The summed E-state index contributed by atoms with van der Waals surface area (Å²) in [7, 11) is -3.07. The highest BCUT2D eigenvalue weighted by molar-refractivity contribution is 9.10. The summed E-state index contributed by atoms with van der Waals surface area (Å²) >= 11 is 3.39. The lowest BCUT2D eigenvalue weighted by molar-refractivity contribution is -0.142. The largest absolute Gasteiger partial charge is 0.464 e. The van der Waals surface area contributed by atoms with E-state index in [1.165, 1.54) is 6.92 Å². The first-order valence-corrected chi connectivity index (χ1v) is 8.78. The van der Waals surface area contributed by atoms with Crippen molar-refractivity contribution in [2.75, 3.05) is 19.8 Å². The molecule has 1 fully saturated rings. The lowest BCUT2D eigenvalue weighted by Gasteiger charge is -2.39. The van der Waals surface area contributed by atoms with Crippen molar-refractivity contribution < 1.29 is 23.4 Å². The molecule has 1 aromatic carbocycles. The number of epoxide rings is 1. The second-order valence-electron chi connectivity index (χ2n) is 5.07. The number of nitrogens with zero attached hydrogens (tertiary/aromatic N) is 1. The maximum atomic E-state index is 11.1. The average Bonchev–Trinajstić information content (AvgIpc) is 3.17. The minimum atomic E-state index is -3.07. The third-order valence-electron chi connectivity index (χ3n) is 3.53. The maximum Gasteiger partial charge on any atom is 0.302 e. The normalized spacial score (nSPS) is 28.0. The van der Waals surface area contributed by atoms with E-state index in [1.807, 2.05) is 6.07 Å². The van der Waals surface area contributed by atoms with Crippen LogP contribution in [-0.2, 0) is 14.3 Å². The van der Waals surface area contributed by atoms with Crippen LogP contribution in [0.5, 0.6) is 0 Å². The molecule has 2 unspecified atom stereocenters. The van der Waals surface area contributed by atoms with E-state index in [0.29, 0.717) is 18.0 Å². The van der Waals surface area contributed by atoms with E-state index in [2.05, 4.69) is 15.9 Å². The number of benzene rings is 1. The van der Waals surface area contributed by atoms with E-state index < -0.39 is 16.7 Å². The van der Waals surface area contributed by atoms with Crippen molar-refractivity contribution >= 4 is 32.7 Å². The van der Waals surface area contributed by atoms with Gasteiger partial charge in [0.25, 0.3) is 0 Å². The van der Waals surface area contributed by atoms with E-state index in [9.17, 15) is 13.9 Å². The summed E-state index contributed by atoms with van der Waals surface area (Å²) in [6.07, 6.45) is 0.00811. The van der Waals surface area contributed by atoms with Crippen LogP contribution in [0.15, 0.2) is 27.6 Å². The zero-order valence-electron chi connectivity index (χ0n) is 11.4. The van der Waals surface area contributed by atoms with Crippen LogP contribution in [0.4, 0.5) is 0 Å². The van der Waals surface area contributed by atoms with Crippen molar-refractivity contribution in [3.8, 4) is 0 Å². The molecule has 8 heteroatoms. The topological polar surface area (TPSA) is 82.5 Å². The fraction of sp³-hybridized carbons (Fsp3) is 0.462. The van der Waals surface area contributed by atoms with Gasteiger partial charge in [-0.3, -0.25) is 13.9 Å². The summed E-state index contributed by atoms with van der Waals surface area (Å²) in [6.45, 7) is 2.44. The number of rotatable bonds is 4. The summed E-state index contributed by atoms with van der Waals surface area (Å²) in [5, 5.41) is 0. The second-order valence-corrected chi connectivity index (χ2v) is 7.94. The lowest BCUT2D eigenvalue weighted by atomic mass is 10.1. The number of halogens is 1. The van der Waals surface area contributed by atoms with Gasteiger partial charge in [-0.25, -0.2) is 0 Å². The predicted octanol–water partition coefficient (Wildman–Crippen LogP) is 2.79. The van der Waals surface area contributed by atoms with Gasteiger partial charge >= 0.3 is 5.97 Å². The molecule has 0 aromatic heterocycles. The highest BCUT2D eigenvalue weighted by Gasteiger charge is 2.45. The number of carbonyl (C=O) groups excluding carboxylic acids is 1. The molecule has 0 radical (unpaired) electrons. The van der Waals surface area contributed by atoms with Crippen molar-refractivity contribution in [2.24, 2.45) is 0 Å². The SMILES string of the molecule is CC(=O)OCC1c2cc(Br)ccc2S(O)(O)N1CC1CO1. The zero-order chi connectivity index (χ0) is 15.2. The minimum Gasteiger partial charge on any atom is -0.464 e. The number of esters is 1. The molecular weight excluding hydrogens is 362 g/mol. The Morgan fingerprint density at radius 3 is 2.90 bits per heavy atom. The van der Waals surface area contributed by atoms with Crippen LogP contribution < -0.4 is 0 Å².